The summed E-state index contributed by atoms with van der Waals surface area (Å²) in [6.07, 6.45) is 1.43. The van der Waals surface area contributed by atoms with Crippen LogP contribution in [0.2, 0.25) is 0 Å². The number of rotatable bonds is 1. The Balaban J connectivity index is 1.97. The van der Waals surface area contributed by atoms with E-state index in [4.69, 9.17) is 5.73 Å². The number of hydrogen-bond acceptors (Lipinski definition) is 3. The number of carbonyl (C=O) groups excluding carboxylic acids is 2. The van der Waals surface area contributed by atoms with Gasteiger partial charge in [-0.25, -0.2) is 0 Å². The molecule has 1 aromatic carbocycles. The summed E-state index contributed by atoms with van der Waals surface area (Å²) in [5.41, 5.74) is 6.69. The molecule has 2 aliphatic rings. The second-order valence-corrected chi connectivity index (χ2v) is 5.47. The van der Waals surface area contributed by atoms with Crippen molar-refractivity contribution in [2.45, 2.75) is 24.9 Å². The maximum Gasteiger partial charge on any atom is 0.261 e. The van der Waals surface area contributed by atoms with E-state index in [-0.39, 0.29) is 23.9 Å². The highest BCUT2D eigenvalue weighted by Crippen LogP contribution is 2.33. The molecule has 1 aliphatic heterocycles. The van der Waals surface area contributed by atoms with Crippen LogP contribution in [-0.2, 0) is 0 Å². The van der Waals surface area contributed by atoms with Crippen LogP contribution in [0.5, 0.6) is 0 Å². The molecule has 5 heteroatoms. The van der Waals surface area contributed by atoms with Crippen LogP contribution in [0.15, 0.2) is 22.7 Å². The molecule has 0 radical (unpaired) electrons. The first kappa shape index (κ1) is 10.9. The molecule has 1 aliphatic carbocycles. The minimum absolute atomic E-state index is 0.0174. The molecule has 0 aromatic heterocycles. The first-order chi connectivity index (χ1) is 8.08. The van der Waals surface area contributed by atoms with Gasteiger partial charge in [0.1, 0.15) is 0 Å². The molecule has 2 N–H and O–H groups in total. The van der Waals surface area contributed by atoms with Gasteiger partial charge in [0.05, 0.1) is 11.1 Å². The smallest absolute Gasteiger partial charge is 0.261 e. The lowest BCUT2D eigenvalue weighted by atomic mass is 9.86. The SMILES string of the molecule is NC1CC(N2C(=O)c3ccc(Br)cc3C2=O)C1. The molecule has 0 saturated heterocycles. The maximum atomic E-state index is 12.1. The highest BCUT2D eigenvalue weighted by atomic mass is 79.9. The highest BCUT2D eigenvalue weighted by Gasteiger charge is 2.44. The Morgan fingerprint density at radius 1 is 1.18 bits per heavy atom. The van der Waals surface area contributed by atoms with Crippen molar-refractivity contribution in [3.8, 4) is 0 Å². The van der Waals surface area contributed by atoms with Gasteiger partial charge in [0.2, 0.25) is 0 Å². The molecule has 1 aromatic rings. The van der Waals surface area contributed by atoms with Crippen molar-refractivity contribution in [1.29, 1.82) is 0 Å². The Labute approximate surface area is 107 Å². The fraction of sp³-hybridized carbons (Fsp3) is 0.333. The Hall–Kier alpha value is -1.20. The van der Waals surface area contributed by atoms with Crippen LogP contribution in [0.4, 0.5) is 0 Å². The second kappa shape index (κ2) is 3.65. The van der Waals surface area contributed by atoms with E-state index in [9.17, 15) is 9.59 Å². The minimum atomic E-state index is -0.191. The van der Waals surface area contributed by atoms with Gasteiger partial charge in [-0.3, -0.25) is 14.5 Å². The lowest BCUT2D eigenvalue weighted by molar-refractivity contribution is 0.0483. The Morgan fingerprint density at radius 2 is 1.82 bits per heavy atom. The molecule has 0 unspecified atom stereocenters. The number of amides is 2. The summed E-state index contributed by atoms with van der Waals surface area (Å²) >= 11 is 3.31. The zero-order valence-corrected chi connectivity index (χ0v) is 10.6. The molecule has 1 fully saturated rings. The molecule has 0 atom stereocenters. The predicted octanol–water partition coefficient (Wildman–Crippen LogP) is 1.53. The van der Waals surface area contributed by atoms with Crippen LogP contribution in [-0.4, -0.2) is 28.8 Å². The average Bonchev–Trinajstić information content (AvgIpc) is 2.48. The van der Waals surface area contributed by atoms with Crippen molar-refractivity contribution in [1.82, 2.24) is 4.90 Å². The van der Waals surface area contributed by atoms with Gasteiger partial charge in [0.15, 0.2) is 0 Å². The van der Waals surface area contributed by atoms with E-state index in [1.165, 1.54) is 4.90 Å². The standard InChI is InChI=1S/C12H11BrN2O2/c13-6-1-2-9-10(3-6)12(17)15(11(9)16)8-4-7(14)5-8/h1-3,7-8H,4-5,14H2. The van der Waals surface area contributed by atoms with E-state index in [1.807, 2.05) is 0 Å². The monoisotopic (exact) mass is 294 g/mol. The van der Waals surface area contributed by atoms with Gasteiger partial charge in [0, 0.05) is 16.6 Å². The molecule has 17 heavy (non-hydrogen) atoms. The van der Waals surface area contributed by atoms with Crippen LogP contribution in [0.25, 0.3) is 0 Å². The lowest BCUT2D eigenvalue weighted by Crippen LogP contribution is -2.52. The number of carbonyl (C=O) groups is 2. The summed E-state index contributed by atoms with van der Waals surface area (Å²) < 4.78 is 0.810. The normalized spacial score (nSPS) is 27.1. The summed E-state index contributed by atoms with van der Waals surface area (Å²) in [5.74, 6) is -0.377. The van der Waals surface area contributed by atoms with Crippen molar-refractivity contribution in [3.05, 3.63) is 33.8 Å². The van der Waals surface area contributed by atoms with Gasteiger partial charge < -0.3 is 5.73 Å². The first-order valence-corrected chi connectivity index (χ1v) is 6.30. The fourth-order valence-electron chi connectivity index (χ4n) is 2.40. The molecule has 1 saturated carbocycles. The molecule has 3 rings (SSSR count). The fourth-order valence-corrected chi connectivity index (χ4v) is 2.77. The molecule has 2 amide bonds. The number of nitrogens with two attached hydrogens (primary N) is 1. The van der Waals surface area contributed by atoms with Gasteiger partial charge in [-0.2, -0.15) is 0 Å². The Bertz CT molecular complexity index is 523. The third-order valence-corrected chi connectivity index (χ3v) is 3.89. The Morgan fingerprint density at radius 3 is 2.47 bits per heavy atom. The molecular formula is C12H11BrN2O2. The van der Waals surface area contributed by atoms with Crippen molar-refractivity contribution in [2.24, 2.45) is 5.73 Å². The molecule has 1 heterocycles. The zero-order valence-electron chi connectivity index (χ0n) is 9.02. The third-order valence-electron chi connectivity index (χ3n) is 3.39. The largest absolute Gasteiger partial charge is 0.328 e. The van der Waals surface area contributed by atoms with Crippen LogP contribution in [0.3, 0.4) is 0 Å². The van der Waals surface area contributed by atoms with E-state index >= 15 is 0 Å². The van der Waals surface area contributed by atoms with E-state index in [1.54, 1.807) is 18.2 Å². The third kappa shape index (κ3) is 1.53. The van der Waals surface area contributed by atoms with Crippen LogP contribution in [0.1, 0.15) is 33.6 Å². The maximum absolute atomic E-state index is 12.1. The number of benzene rings is 1. The van der Waals surface area contributed by atoms with Crippen LogP contribution >= 0.6 is 15.9 Å². The van der Waals surface area contributed by atoms with Crippen molar-refractivity contribution in [2.75, 3.05) is 0 Å². The average molecular weight is 295 g/mol. The highest BCUT2D eigenvalue weighted by molar-refractivity contribution is 9.10. The summed E-state index contributed by atoms with van der Waals surface area (Å²) in [4.78, 5) is 25.6. The molecule has 0 bridgehead atoms. The van der Waals surface area contributed by atoms with Gasteiger partial charge in [-0.05, 0) is 31.0 Å². The topological polar surface area (TPSA) is 63.4 Å². The van der Waals surface area contributed by atoms with E-state index in [2.05, 4.69) is 15.9 Å². The summed E-state index contributed by atoms with van der Waals surface area (Å²) in [6.45, 7) is 0. The van der Waals surface area contributed by atoms with Gasteiger partial charge in [-0.1, -0.05) is 15.9 Å². The molecule has 4 nitrogen and oxygen atoms in total. The minimum Gasteiger partial charge on any atom is -0.328 e. The number of fused-ring (bicyclic) bond motifs is 1. The quantitative estimate of drug-likeness (QED) is 0.799. The van der Waals surface area contributed by atoms with Gasteiger partial charge in [-0.15, -0.1) is 0 Å². The zero-order chi connectivity index (χ0) is 12.2. The van der Waals surface area contributed by atoms with E-state index < -0.39 is 0 Å². The first-order valence-electron chi connectivity index (χ1n) is 5.51. The number of hydrogen-bond donors (Lipinski definition) is 1. The van der Waals surface area contributed by atoms with Crippen LogP contribution in [0, 0.1) is 0 Å². The second-order valence-electron chi connectivity index (χ2n) is 4.56. The van der Waals surface area contributed by atoms with E-state index in [0.717, 1.165) is 4.47 Å². The van der Waals surface area contributed by atoms with Gasteiger partial charge >= 0.3 is 0 Å². The Kier molecular flexibility index (Phi) is 2.34. The van der Waals surface area contributed by atoms with Crippen molar-refractivity contribution < 1.29 is 9.59 Å². The number of halogens is 1. The van der Waals surface area contributed by atoms with Crippen LogP contribution < -0.4 is 5.73 Å². The molecule has 0 spiro atoms. The summed E-state index contributed by atoms with van der Waals surface area (Å²) in [5, 5.41) is 0. The summed E-state index contributed by atoms with van der Waals surface area (Å²) in [7, 11) is 0. The molecule has 88 valence electrons. The lowest BCUT2D eigenvalue weighted by Gasteiger charge is -2.37. The molecular weight excluding hydrogens is 284 g/mol. The number of imide groups is 1. The number of nitrogens with zero attached hydrogens (tertiary/aromatic N) is 1. The van der Waals surface area contributed by atoms with Crippen molar-refractivity contribution in [3.63, 3.8) is 0 Å². The summed E-state index contributed by atoms with van der Waals surface area (Å²) in [6, 6.07) is 5.28. The predicted molar refractivity (Wildman–Crippen MR) is 65.6 cm³/mol. The van der Waals surface area contributed by atoms with Crippen molar-refractivity contribution >= 4 is 27.7 Å². The van der Waals surface area contributed by atoms with E-state index in [0.29, 0.717) is 24.0 Å². The van der Waals surface area contributed by atoms with Gasteiger partial charge in [0.25, 0.3) is 11.8 Å².